The number of hydrogen-bond donors (Lipinski definition) is 0. The quantitative estimate of drug-likeness (QED) is 0.829. The third-order valence-corrected chi connectivity index (χ3v) is 5.72. The van der Waals surface area contributed by atoms with Crippen LogP contribution in [0, 0.1) is 19.7 Å². The number of halogens is 1. The minimum atomic E-state index is -0.756. The molecule has 4 nitrogen and oxygen atoms in total. The van der Waals surface area contributed by atoms with Crippen molar-refractivity contribution >= 4 is 17.9 Å². The molecule has 0 bridgehead atoms. The first-order valence-corrected chi connectivity index (χ1v) is 9.41. The van der Waals surface area contributed by atoms with Crippen LogP contribution in [0.25, 0.3) is 0 Å². The van der Waals surface area contributed by atoms with Crippen molar-refractivity contribution in [1.82, 2.24) is 4.90 Å². The lowest BCUT2D eigenvalue weighted by Crippen LogP contribution is -2.56. The normalized spacial score (nSPS) is 19.2. The van der Waals surface area contributed by atoms with Crippen molar-refractivity contribution in [3.63, 3.8) is 0 Å². The third kappa shape index (κ3) is 3.16. The second kappa shape index (κ2) is 6.89. The summed E-state index contributed by atoms with van der Waals surface area (Å²) in [6.07, 6.45) is 2.81. The van der Waals surface area contributed by atoms with Crippen LogP contribution in [0.1, 0.15) is 29.5 Å². The van der Waals surface area contributed by atoms with Crippen LogP contribution in [0.15, 0.2) is 47.5 Å². The molecule has 0 atom stereocenters. The third-order valence-electron chi connectivity index (χ3n) is 5.72. The molecule has 4 rings (SSSR count). The van der Waals surface area contributed by atoms with Gasteiger partial charge in [-0.15, -0.1) is 0 Å². The number of hydrogen-bond acceptors (Lipinski definition) is 3. The predicted molar refractivity (Wildman–Crippen MR) is 106 cm³/mol. The summed E-state index contributed by atoms with van der Waals surface area (Å²) < 4.78 is 14.8. The van der Waals surface area contributed by atoms with E-state index in [4.69, 9.17) is 0 Å². The number of amides is 1. The molecule has 2 aliphatic rings. The van der Waals surface area contributed by atoms with Gasteiger partial charge in [0, 0.05) is 19.6 Å². The van der Waals surface area contributed by atoms with E-state index in [1.165, 1.54) is 11.9 Å². The molecule has 1 amide bonds. The lowest BCUT2D eigenvalue weighted by molar-refractivity contribution is -0.123. The zero-order valence-corrected chi connectivity index (χ0v) is 15.8. The van der Waals surface area contributed by atoms with Gasteiger partial charge >= 0.3 is 0 Å². The second-order valence-corrected chi connectivity index (χ2v) is 7.63. The molecule has 140 valence electrons. The summed E-state index contributed by atoms with van der Waals surface area (Å²) in [5.41, 5.74) is 2.54. The molecule has 0 N–H and O–H groups in total. The Kier molecular flexibility index (Phi) is 4.56. The Labute approximate surface area is 159 Å². The van der Waals surface area contributed by atoms with E-state index < -0.39 is 5.54 Å². The van der Waals surface area contributed by atoms with E-state index in [-0.39, 0.29) is 11.7 Å². The maximum Gasteiger partial charge on any atom is 0.273 e. The van der Waals surface area contributed by atoms with E-state index in [2.05, 4.69) is 22.0 Å². The molecule has 0 aliphatic carbocycles. The molecule has 0 radical (unpaired) electrons. The highest BCUT2D eigenvalue weighted by atomic mass is 19.1. The Bertz CT molecular complexity index is 886. The number of nitrogens with zero attached hydrogens (tertiary/aromatic N) is 3. The molecule has 0 aromatic heterocycles. The number of benzene rings is 2. The molecular weight excluding hydrogens is 341 g/mol. The van der Waals surface area contributed by atoms with E-state index in [0.29, 0.717) is 24.1 Å². The van der Waals surface area contributed by atoms with Crippen molar-refractivity contribution in [3.05, 3.63) is 65.0 Å². The van der Waals surface area contributed by atoms with Crippen LogP contribution in [0.4, 0.5) is 10.1 Å². The first-order valence-electron chi connectivity index (χ1n) is 9.41. The number of carbonyl (C=O) groups excluding carboxylic acids is 1. The van der Waals surface area contributed by atoms with Gasteiger partial charge in [-0.2, -0.15) is 0 Å². The fraction of sp³-hybridized carbons (Fsp3) is 0.364. The first kappa shape index (κ1) is 17.9. The van der Waals surface area contributed by atoms with Crippen molar-refractivity contribution < 1.29 is 9.18 Å². The lowest BCUT2D eigenvalue weighted by Gasteiger charge is -2.43. The van der Waals surface area contributed by atoms with E-state index in [9.17, 15) is 9.18 Å². The Hall–Kier alpha value is -2.53. The fourth-order valence-electron chi connectivity index (χ4n) is 4.22. The van der Waals surface area contributed by atoms with Gasteiger partial charge in [0.25, 0.3) is 5.91 Å². The number of aryl methyl sites for hydroxylation is 2. The predicted octanol–water partition coefficient (Wildman–Crippen LogP) is 3.85. The number of likely N-dealkylation sites (tertiary alicyclic amines) is 1. The molecule has 2 aromatic rings. The van der Waals surface area contributed by atoms with Crippen molar-refractivity contribution in [2.75, 3.05) is 18.0 Å². The molecule has 2 heterocycles. The van der Waals surface area contributed by atoms with Crippen LogP contribution in [-0.2, 0) is 11.3 Å². The monoisotopic (exact) mass is 365 g/mol. The fourth-order valence-corrected chi connectivity index (χ4v) is 4.22. The van der Waals surface area contributed by atoms with Gasteiger partial charge in [-0.1, -0.05) is 36.4 Å². The summed E-state index contributed by atoms with van der Waals surface area (Å²) >= 11 is 0. The minimum Gasteiger partial charge on any atom is -0.314 e. The van der Waals surface area contributed by atoms with Crippen LogP contribution >= 0.6 is 0 Å². The van der Waals surface area contributed by atoms with E-state index in [0.717, 1.165) is 25.2 Å². The molecule has 2 aliphatic heterocycles. The summed E-state index contributed by atoms with van der Waals surface area (Å²) in [6.45, 7) is 6.14. The average molecular weight is 365 g/mol. The zero-order valence-electron chi connectivity index (χ0n) is 15.8. The summed E-state index contributed by atoms with van der Waals surface area (Å²) in [4.78, 5) is 20.9. The largest absolute Gasteiger partial charge is 0.314 e. The van der Waals surface area contributed by atoms with Crippen LogP contribution in [0.3, 0.4) is 0 Å². The van der Waals surface area contributed by atoms with Gasteiger partial charge in [-0.25, -0.2) is 9.38 Å². The number of aliphatic imine (C=N–C) groups is 1. The van der Waals surface area contributed by atoms with Crippen molar-refractivity contribution in [2.45, 2.75) is 38.8 Å². The van der Waals surface area contributed by atoms with Crippen LogP contribution in [0.5, 0.6) is 0 Å². The van der Waals surface area contributed by atoms with Crippen molar-refractivity contribution in [1.29, 1.82) is 0 Å². The van der Waals surface area contributed by atoms with Crippen LogP contribution in [-0.4, -0.2) is 35.8 Å². The summed E-state index contributed by atoms with van der Waals surface area (Å²) in [6, 6.07) is 14.0. The molecular formula is C22H24FN3O. The smallest absolute Gasteiger partial charge is 0.273 e. The van der Waals surface area contributed by atoms with Gasteiger partial charge in [0.05, 0.1) is 5.69 Å². The Morgan fingerprint density at radius 2 is 1.81 bits per heavy atom. The topological polar surface area (TPSA) is 35.9 Å². The molecule has 27 heavy (non-hydrogen) atoms. The van der Waals surface area contributed by atoms with Crippen molar-refractivity contribution in [3.8, 4) is 0 Å². The molecule has 0 unspecified atom stereocenters. The van der Waals surface area contributed by atoms with Gasteiger partial charge in [0.1, 0.15) is 17.7 Å². The number of carbonyl (C=O) groups is 1. The Balaban J connectivity index is 1.56. The Morgan fingerprint density at radius 1 is 1.11 bits per heavy atom. The molecule has 5 heteroatoms. The molecule has 1 spiro atoms. The van der Waals surface area contributed by atoms with E-state index >= 15 is 0 Å². The van der Waals surface area contributed by atoms with Gasteiger partial charge in [0.15, 0.2) is 0 Å². The summed E-state index contributed by atoms with van der Waals surface area (Å²) in [5.74, 6) is -0.423. The minimum absolute atomic E-state index is 0.152. The van der Waals surface area contributed by atoms with Gasteiger partial charge < -0.3 is 4.90 Å². The number of piperidine rings is 1. The van der Waals surface area contributed by atoms with Gasteiger partial charge in [-0.05, 0) is 49.4 Å². The standard InChI is InChI=1S/C22H24FN3O/c1-16-12-17(2)20(23)19(13-16)26-15-24-21(27)22(26)8-10-25(11-9-22)14-18-6-4-3-5-7-18/h3-7,12-13,15H,8-11,14H2,1-2H3. The van der Waals surface area contributed by atoms with Crippen LogP contribution in [0.2, 0.25) is 0 Å². The molecule has 1 saturated heterocycles. The number of anilines is 1. The van der Waals surface area contributed by atoms with Crippen LogP contribution < -0.4 is 4.90 Å². The highest BCUT2D eigenvalue weighted by Gasteiger charge is 2.49. The second-order valence-electron chi connectivity index (χ2n) is 7.63. The highest BCUT2D eigenvalue weighted by molar-refractivity contribution is 6.08. The molecule has 2 aromatic carbocycles. The van der Waals surface area contributed by atoms with Gasteiger partial charge in [-0.3, -0.25) is 9.69 Å². The zero-order chi connectivity index (χ0) is 19.0. The maximum atomic E-state index is 14.8. The number of rotatable bonds is 3. The highest BCUT2D eigenvalue weighted by Crippen LogP contribution is 2.38. The molecule has 0 saturated carbocycles. The first-order chi connectivity index (χ1) is 13.0. The maximum absolute atomic E-state index is 14.8. The average Bonchev–Trinajstić information content (AvgIpc) is 2.97. The van der Waals surface area contributed by atoms with E-state index in [1.807, 2.05) is 37.3 Å². The van der Waals surface area contributed by atoms with E-state index in [1.54, 1.807) is 11.8 Å². The molecule has 1 fully saturated rings. The SMILES string of the molecule is Cc1cc(C)c(F)c(N2C=NC(=O)C23CCN(Cc2ccccc2)CC3)c1. The van der Waals surface area contributed by atoms with Gasteiger partial charge in [0.2, 0.25) is 0 Å². The van der Waals surface area contributed by atoms with Crippen molar-refractivity contribution in [2.24, 2.45) is 4.99 Å². The summed E-state index contributed by atoms with van der Waals surface area (Å²) in [5, 5.41) is 0. The lowest BCUT2D eigenvalue weighted by atomic mass is 9.85. The summed E-state index contributed by atoms with van der Waals surface area (Å²) in [7, 11) is 0. The Morgan fingerprint density at radius 3 is 2.52 bits per heavy atom.